The van der Waals surface area contributed by atoms with Gasteiger partial charge in [0.1, 0.15) is 5.75 Å². The van der Waals surface area contributed by atoms with Crippen molar-refractivity contribution < 1.29 is 14.2 Å². The van der Waals surface area contributed by atoms with Crippen LogP contribution in [-0.2, 0) is 10.8 Å². The molecule has 0 aliphatic carbocycles. The highest BCUT2D eigenvalue weighted by atomic mass is 16.7. The topological polar surface area (TPSA) is 27.7 Å². The quantitative estimate of drug-likeness (QED) is 0.410. The van der Waals surface area contributed by atoms with E-state index in [4.69, 9.17) is 14.2 Å². The highest BCUT2D eigenvalue weighted by Gasteiger charge is 2.30. The van der Waals surface area contributed by atoms with Crippen LogP contribution in [-0.4, -0.2) is 13.9 Å². The normalized spacial score (nSPS) is 14.3. The first kappa shape index (κ1) is 22.3. The predicted octanol–water partition coefficient (Wildman–Crippen LogP) is 7.20. The fourth-order valence-electron chi connectivity index (χ4n) is 4.47. The van der Waals surface area contributed by atoms with E-state index in [1.54, 1.807) is 7.11 Å². The third-order valence-electron chi connectivity index (χ3n) is 6.13. The SMILES string of the molecule is COc1c(C(C)(C)C)cc([C@@H](c2ccccc2)c2ccc3c(c2)OCO3)cc1C(C)(C)C. The van der Waals surface area contributed by atoms with Gasteiger partial charge >= 0.3 is 0 Å². The standard InChI is InChI=1S/C29H34O3/c1-28(2,3)22-15-21(16-23(27(22)30-7)29(4,5)6)26(19-11-9-8-10-12-19)20-13-14-24-25(17-20)32-18-31-24/h8-17,26H,18H2,1-7H3/t26-/m0/s1. The molecule has 4 rings (SSSR count). The first-order valence-corrected chi connectivity index (χ1v) is 11.3. The molecule has 3 nitrogen and oxygen atoms in total. The minimum atomic E-state index is -0.0581. The van der Waals surface area contributed by atoms with E-state index in [0.717, 1.165) is 17.2 Å². The Labute approximate surface area is 192 Å². The summed E-state index contributed by atoms with van der Waals surface area (Å²) in [4.78, 5) is 0. The second kappa shape index (κ2) is 8.20. The van der Waals surface area contributed by atoms with Crippen molar-refractivity contribution in [3.8, 4) is 17.2 Å². The second-order valence-electron chi connectivity index (χ2n) is 10.6. The number of methoxy groups -OCH3 is 1. The molecule has 0 radical (unpaired) electrons. The number of ether oxygens (including phenoxy) is 3. The lowest BCUT2D eigenvalue weighted by atomic mass is 9.75. The van der Waals surface area contributed by atoms with Crippen LogP contribution >= 0.6 is 0 Å². The summed E-state index contributed by atoms with van der Waals surface area (Å²) in [5, 5.41) is 0. The maximum atomic E-state index is 6.00. The molecule has 168 valence electrons. The Hall–Kier alpha value is -2.94. The molecule has 0 amide bonds. The van der Waals surface area contributed by atoms with Gasteiger partial charge in [-0.15, -0.1) is 0 Å². The first-order chi connectivity index (χ1) is 15.1. The lowest BCUT2D eigenvalue weighted by Gasteiger charge is -2.31. The Bertz CT molecular complexity index is 1070. The van der Waals surface area contributed by atoms with Crippen molar-refractivity contribution in [2.75, 3.05) is 13.9 Å². The molecular weight excluding hydrogens is 396 g/mol. The van der Waals surface area contributed by atoms with Crippen molar-refractivity contribution in [1.82, 2.24) is 0 Å². The highest BCUT2D eigenvalue weighted by Crippen LogP contribution is 2.45. The van der Waals surface area contributed by atoms with Crippen LogP contribution in [0, 0.1) is 0 Å². The molecule has 0 N–H and O–H groups in total. The van der Waals surface area contributed by atoms with Crippen LogP contribution < -0.4 is 14.2 Å². The van der Waals surface area contributed by atoms with Crippen molar-refractivity contribution >= 4 is 0 Å². The molecule has 0 spiro atoms. The smallest absolute Gasteiger partial charge is 0.231 e. The van der Waals surface area contributed by atoms with E-state index in [1.165, 1.54) is 27.8 Å². The van der Waals surface area contributed by atoms with Gasteiger partial charge in [-0.05, 0) is 39.7 Å². The molecule has 32 heavy (non-hydrogen) atoms. The highest BCUT2D eigenvalue weighted by molar-refractivity contribution is 5.56. The zero-order valence-corrected chi connectivity index (χ0v) is 20.3. The summed E-state index contributed by atoms with van der Waals surface area (Å²) in [6, 6.07) is 21.6. The van der Waals surface area contributed by atoms with E-state index in [2.05, 4.69) is 96.1 Å². The Morgan fingerprint density at radius 3 is 1.84 bits per heavy atom. The molecule has 0 saturated heterocycles. The van der Waals surface area contributed by atoms with Gasteiger partial charge in [-0.25, -0.2) is 0 Å². The van der Waals surface area contributed by atoms with Gasteiger partial charge in [-0.2, -0.15) is 0 Å². The Balaban J connectivity index is 1.99. The van der Waals surface area contributed by atoms with Crippen molar-refractivity contribution in [2.45, 2.75) is 58.3 Å². The summed E-state index contributed by atoms with van der Waals surface area (Å²) in [5.41, 5.74) is 6.02. The number of fused-ring (bicyclic) bond motifs is 1. The van der Waals surface area contributed by atoms with Gasteiger partial charge in [0.2, 0.25) is 6.79 Å². The van der Waals surface area contributed by atoms with Gasteiger partial charge in [-0.3, -0.25) is 0 Å². The molecule has 3 heteroatoms. The summed E-state index contributed by atoms with van der Waals surface area (Å²) in [7, 11) is 1.78. The fraction of sp³-hybridized carbons (Fsp3) is 0.379. The molecule has 1 atom stereocenters. The van der Waals surface area contributed by atoms with E-state index < -0.39 is 0 Å². The summed E-state index contributed by atoms with van der Waals surface area (Å²) in [6.07, 6.45) is 0. The number of benzene rings is 3. The molecule has 1 aliphatic heterocycles. The maximum absolute atomic E-state index is 6.00. The summed E-state index contributed by atoms with van der Waals surface area (Å²) < 4.78 is 17.3. The average molecular weight is 431 g/mol. The van der Waals surface area contributed by atoms with Crippen molar-refractivity contribution in [1.29, 1.82) is 0 Å². The van der Waals surface area contributed by atoms with Crippen LogP contribution in [0.3, 0.4) is 0 Å². The summed E-state index contributed by atoms with van der Waals surface area (Å²) >= 11 is 0. The van der Waals surface area contributed by atoms with Gasteiger partial charge in [0, 0.05) is 17.0 Å². The summed E-state index contributed by atoms with van der Waals surface area (Å²) in [5.74, 6) is 2.68. The number of rotatable bonds is 4. The van der Waals surface area contributed by atoms with E-state index in [9.17, 15) is 0 Å². The predicted molar refractivity (Wildman–Crippen MR) is 130 cm³/mol. The summed E-state index contributed by atoms with van der Waals surface area (Å²) in [6.45, 7) is 13.8. The molecule has 3 aromatic rings. The van der Waals surface area contributed by atoms with Crippen LogP contribution in [0.5, 0.6) is 17.2 Å². The molecule has 1 aliphatic rings. The van der Waals surface area contributed by atoms with Gasteiger partial charge < -0.3 is 14.2 Å². The largest absolute Gasteiger partial charge is 0.496 e. The Morgan fingerprint density at radius 1 is 0.688 bits per heavy atom. The first-order valence-electron chi connectivity index (χ1n) is 11.3. The molecule has 1 heterocycles. The van der Waals surface area contributed by atoms with Crippen molar-refractivity contribution in [3.05, 3.63) is 88.5 Å². The van der Waals surface area contributed by atoms with Crippen molar-refractivity contribution in [2.24, 2.45) is 0 Å². The fourth-order valence-corrected chi connectivity index (χ4v) is 4.47. The van der Waals surface area contributed by atoms with E-state index in [1.807, 2.05) is 6.07 Å². The molecule has 0 saturated carbocycles. The minimum absolute atomic E-state index is 0.0581. The lowest BCUT2D eigenvalue weighted by Crippen LogP contribution is -2.20. The van der Waals surface area contributed by atoms with Crippen LogP contribution in [0.4, 0.5) is 0 Å². The van der Waals surface area contributed by atoms with Gasteiger partial charge in [-0.1, -0.05) is 90.1 Å². The number of hydrogen-bond acceptors (Lipinski definition) is 3. The molecular formula is C29H34O3. The molecule has 0 fully saturated rings. The molecule has 0 aromatic heterocycles. The molecule has 3 aromatic carbocycles. The lowest BCUT2D eigenvalue weighted by molar-refractivity contribution is 0.174. The second-order valence-corrected chi connectivity index (χ2v) is 10.6. The van der Waals surface area contributed by atoms with E-state index in [-0.39, 0.29) is 23.5 Å². The van der Waals surface area contributed by atoms with Crippen LogP contribution in [0.25, 0.3) is 0 Å². The zero-order chi connectivity index (χ0) is 23.1. The average Bonchev–Trinajstić information content (AvgIpc) is 3.21. The van der Waals surface area contributed by atoms with Crippen LogP contribution in [0.2, 0.25) is 0 Å². The molecule has 0 bridgehead atoms. The molecule has 0 unspecified atom stereocenters. The zero-order valence-electron chi connectivity index (χ0n) is 20.3. The monoisotopic (exact) mass is 430 g/mol. The van der Waals surface area contributed by atoms with Gasteiger partial charge in [0.05, 0.1) is 7.11 Å². The van der Waals surface area contributed by atoms with Crippen LogP contribution in [0.15, 0.2) is 60.7 Å². The van der Waals surface area contributed by atoms with Crippen molar-refractivity contribution in [3.63, 3.8) is 0 Å². The van der Waals surface area contributed by atoms with Crippen LogP contribution in [0.1, 0.15) is 75.3 Å². The minimum Gasteiger partial charge on any atom is -0.496 e. The van der Waals surface area contributed by atoms with Gasteiger partial charge in [0.15, 0.2) is 11.5 Å². The maximum Gasteiger partial charge on any atom is 0.231 e. The number of hydrogen-bond donors (Lipinski definition) is 0. The van der Waals surface area contributed by atoms with E-state index in [0.29, 0.717) is 0 Å². The van der Waals surface area contributed by atoms with Gasteiger partial charge in [0.25, 0.3) is 0 Å². The third kappa shape index (κ3) is 4.21. The van der Waals surface area contributed by atoms with E-state index >= 15 is 0 Å². The Morgan fingerprint density at radius 2 is 1.28 bits per heavy atom. The third-order valence-corrected chi connectivity index (χ3v) is 6.13. The Kier molecular flexibility index (Phi) is 5.70.